The summed E-state index contributed by atoms with van der Waals surface area (Å²) in [5, 5.41) is 0. The van der Waals surface area contributed by atoms with Gasteiger partial charge in [-0.05, 0) is 6.42 Å². The molecule has 0 bridgehead atoms. The minimum atomic E-state index is -1.51. The maximum absolute atomic E-state index is 13.7. The Morgan fingerprint density at radius 1 is 0.720 bits per heavy atom. The van der Waals surface area contributed by atoms with Gasteiger partial charge < -0.3 is 4.74 Å². The van der Waals surface area contributed by atoms with Gasteiger partial charge in [0.05, 0.1) is 12.2 Å². The summed E-state index contributed by atoms with van der Waals surface area (Å²) in [7, 11) is 0. The molecule has 0 saturated carbocycles. The summed E-state index contributed by atoms with van der Waals surface area (Å²) < 4.78 is 59.6. The summed E-state index contributed by atoms with van der Waals surface area (Å²) in [6.45, 7) is 5.36. The van der Waals surface area contributed by atoms with Crippen LogP contribution in [0.3, 0.4) is 0 Å². The van der Waals surface area contributed by atoms with Crippen molar-refractivity contribution in [2.45, 2.75) is 71.1 Å². The molecule has 5 heteroatoms. The highest BCUT2D eigenvalue weighted by Gasteiger charge is 2.25. The lowest BCUT2D eigenvalue weighted by Gasteiger charge is -2.11. The molecule has 1 aromatic carbocycles. The van der Waals surface area contributed by atoms with Gasteiger partial charge in [0.2, 0.25) is 11.6 Å². The van der Waals surface area contributed by atoms with Gasteiger partial charge in [-0.15, -0.1) is 0 Å². The molecule has 0 atom stereocenters. The van der Waals surface area contributed by atoms with Crippen LogP contribution in [0, 0.1) is 23.3 Å². The lowest BCUT2D eigenvalue weighted by Crippen LogP contribution is -2.07. The first-order valence-corrected chi connectivity index (χ1v) is 9.15. The minimum absolute atomic E-state index is 0.0245. The molecule has 0 aliphatic heterocycles. The summed E-state index contributed by atoms with van der Waals surface area (Å²) >= 11 is 0. The molecule has 0 amide bonds. The van der Waals surface area contributed by atoms with E-state index in [2.05, 4.69) is 13.5 Å². The highest BCUT2D eigenvalue weighted by atomic mass is 19.2. The van der Waals surface area contributed by atoms with Gasteiger partial charge in [0.1, 0.15) is 0 Å². The average molecular weight is 360 g/mol. The second kappa shape index (κ2) is 11.9. The Balaban J connectivity index is 2.28. The monoisotopic (exact) mass is 360 g/mol. The average Bonchev–Trinajstić information content (AvgIpc) is 2.61. The number of rotatable bonds is 13. The highest BCUT2D eigenvalue weighted by Crippen LogP contribution is 2.30. The van der Waals surface area contributed by atoms with Gasteiger partial charge in [-0.2, -0.15) is 8.78 Å². The molecule has 0 aromatic heterocycles. The van der Waals surface area contributed by atoms with Crippen molar-refractivity contribution in [1.82, 2.24) is 0 Å². The zero-order chi connectivity index (χ0) is 18.7. The molecule has 0 aliphatic rings. The standard InChI is InChI=1S/C20H28F4O/c1-3-5-6-7-8-9-10-11-12-13-14-25-20-18(23)16(21)15(4-2)17(22)19(20)24/h4H,2-3,5-14H2,1H3. The van der Waals surface area contributed by atoms with Crippen molar-refractivity contribution in [2.75, 3.05) is 6.61 Å². The van der Waals surface area contributed by atoms with Crippen LogP contribution in [0.25, 0.3) is 6.08 Å². The number of hydrogen-bond donors (Lipinski definition) is 0. The Hall–Kier alpha value is -1.52. The highest BCUT2D eigenvalue weighted by molar-refractivity contribution is 5.51. The first kappa shape index (κ1) is 21.5. The van der Waals surface area contributed by atoms with Crippen LogP contribution in [0.2, 0.25) is 0 Å². The molecule has 0 heterocycles. The Morgan fingerprint density at radius 3 is 1.60 bits per heavy atom. The summed E-state index contributed by atoms with van der Waals surface area (Å²) in [6, 6.07) is 0. The molecule has 0 spiro atoms. The van der Waals surface area contributed by atoms with Crippen molar-refractivity contribution in [2.24, 2.45) is 0 Å². The van der Waals surface area contributed by atoms with Gasteiger partial charge in [-0.1, -0.05) is 77.4 Å². The predicted molar refractivity (Wildman–Crippen MR) is 93.7 cm³/mol. The predicted octanol–water partition coefficient (Wildman–Crippen LogP) is 7.19. The number of halogens is 4. The maximum atomic E-state index is 13.7. The molecule has 25 heavy (non-hydrogen) atoms. The Morgan fingerprint density at radius 2 is 1.16 bits per heavy atom. The van der Waals surface area contributed by atoms with Crippen molar-refractivity contribution in [3.63, 3.8) is 0 Å². The van der Waals surface area contributed by atoms with Crippen molar-refractivity contribution >= 4 is 6.08 Å². The Labute approximate surface area is 148 Å². The van der Waals surface area contributed by atoms with Crippen LogP contribution in [0.1, 0.15) is 76.7 Å². The zero-order valence-electron chi connectivity index (χ0n) is 15.0. The van der Waals surface area contributed by atoms with Crippen molar-refractivity contribution in [3.8, 4) is 5.75 Å². The molecule has 1 rings (SSSR count). The number of benzene rings is 1. The van der Waals surface area contributed by atoms with E-state index in [4.69, 9.17) is 4.74 Å². The fourth-order valence-corrected chi connectivity index (χ4v) is 2.70. The lowest BCUT2D eigenvalue weighted by atomic mass is 10.1. The fourth-order valence-electron chi connectivity index (χ4n) is 2.70. The third kappa shape index (κ3) is 6.71. The minimum Gasteiger partial charge on any atom is -0.487 e. The molecular weight excluding hydrogens is 332 g/mol. The largest absolute Gasteiger partial charge is 0.487 e. The summed E-state index contributed by atoms with van der Waals surface area (Å²) in [5.41, 5.74) is -0.818. The molecule has 142 valence electrons. The number of hydrogen-bond acceptors (Lipinski definition) is 1. The second-order valence-corrected chi connectivity index (χ2v) is 6.23. The van der Waals surface area contributed by atoms with Gasteiger partial charge in [0.25, 0.3) is 0 Å². The van der Waals surface area contributed by atoms with Gasteiger partial charge in [-0.25, -0.2) is 8.78 Å². The van der Waals surface area contributed by atoms with E-state index in [1.807, 2.05) is 0 Å². The normalized spacial score (nSPS) is 10.9. The smallest absolute Gasteiger partial charge is 0.204 e. The first-order valence-electron chi connectivity index (χ1n) is 9.15. The van der Waals surface area contributed by atoms with Gasteiger partial charge >= 0.3 is 0 Å². The Kier molecular flexibility index (Phi) is 10.3. The quantitative estimate of drug-likeness (QED) is 0.205. The molecular formula is C20H28F4O. The third-order valence-corrected chi connectivity index (χ3v) is 4.21. The second-order valence-electron chi connectivity index (χ2n) is 6.23. The fraction of sp³-hybridized carbons (Fsp3) is 0.600. The van der Waals surface area contributed by atoms with E-state index in [1.54, 1.807) is 0 Å². The number of unbranched alkanes of at least 4 members (excludes halogenated alkanes) is 9. The van der Waals surface area contributed by atoms with E-state index in [9.17, 15) is 17.6 Å². The van der Waals surface area contributed by atoms with Crippen LogP contribution in [0.4, 0.5) is 17.6 Å². The lowest BCUT2D eigenvalue weighted by molar-refractivity contribution is 0.263. The molecule has 0 N–H and O–H groups in total. The van der Waals surface area contributed by atoms with Gasteiger partial charge in [0.15, 0.2) is 17.4 Å². The molecule has 0 unspecified atom stereocenters. The first-order chi connectivity index (χ1) is 12.0. The van der Waals surface area contributed by atoms with E-state index in [0.717, 1.165) is 25.3 Å². The van der Waals surface area contributed by atoms with Crippen LogP contribution in [-0.2, 0) is 0 Å². The molecule has 1 nitrogen and oxygen atoms in total. The van der Waals surface area contributed by atoms with Crippen molar-refractivity contribution in [1.29, 1.82) is 0 Å². The zero-order valence-corrected chi connectivity index (χ0v) is 15.0. The van der Waals surface area contributed by atoms with Crippen LogP contribution in [0.15, 0.2) is 6.58 Å². The maximum Gasteiger partial charge on any atom is 0.204 e. The van der Waals surface area contributed by atoms with Crippen LogP contribution >= 0.6 is 0 Å². The molecule has 0 fully saturated rings. The van der Waals surface area contributed by atoms with Gasteiger partial charge in [-0.3, -0.25) is 0 Å². The van der Waals surface area contributed by atoms with Gasteiger partial charge in [0, 0.05) is 0 Å². The van der Waals surface area contributed by atoms with E-state index in [0.29, 0.717) is 6.42 Å². The molecule has 0 saturated heterocycles. The van der Waals surface area contributed by atoms with Crippen LogP contribution in [0.5, 0.6) is 5.75 Å². The van der Waals surface area contributed by atoms with E-state index in [1.165, 1.54) is 38.5 Å². The summed E-state index contributed by atoms with van der Waals surface area (Å²) in [6.07, 6.45) is 11.8. The Bertz CT molecular complexity index is 514. The van der Waals surface area contributed by atoms with E-state index >= 15 is 0 Å². The van der Waals surface area contributed by atoms with E-state index in [-0.39, 0.29) is 6.61 Å². The van der Waals surface area contributed by atoms with Crippen molar-refractivity contribution < 1.29 is 22.3 Å². The summed E-state index contributed by atoms with van der Waals surface area (Å²) in [4.78, 5) is 0. The van der Waals surface area contributed by atoms with E-state index < -0.39 is 34.6 Å². The SMILES string of the molecule is C=Cc1c(F)c(F)c(OCCCCCCCCCCCC)c(F)c1F. The molecule has 0 radical (unpaired) electrons. The van der Waals surface area contributed by atoms with Crippen LogP contribution < -0.4 is 4.74 Å². The molecule has 0 aliphatic carbocycles. The summed E-state index contributed by atoms with van der Waals surface area (Å²) in [5.74, 6) is -6.97. The topological polar surface area (TPSA) is 9.23 Å². The van der Waals surface area contributed by atoms with Crippen molar-refractivity contribution in [3.05, 3.63) is 35.4 Å². The van der Waals surface area contributed by atoms with Crippen LogP contribution in [-0.4, -0.2) is 6.61 Å². The third-order valence-electron chi connectivity index (χ3n) is 4.21. The molecule has 1 aromatic rings. The number of ether oxygens (including phenoxy) is 1.